The van der Waals surface area contributed by atoms with Gasteiger partial charge in [-0.15, -0.1) is 0 Å². The van der Waals surface area contributed by atoms with E-state index in [2.05, 4.69) is 19.9 Å². The first-order chi connectivity index (χ1) is 8.99. The highest BCUT2D eigenvalue weighted by Crippen LogP contribution is 2.67. The van der Waals surface area contributed by atoms with Crippen LogP contribution in [0.3, 0.4) is 0 Å². The van der Waals surface area contributed by atoms with Crippen molar-refractivity contribution in [1.82, 2.24) is 0 Å². The van der Waals surface area contributed by atoms with Gasteiger partial charge in [0.15, 0.2) is 0 Å². The summed E-state index contributed by atoms with van der Waals surface area (Å²) in [5.41, 5.74) is 7.46. The first kappa shape index (κ1) is 13.2. The van der Waals surface area contributed by atoms with Crippen LogP contribution < -0.4 is 5.73 Å². The lowest BCUT2D eigenvalue weighted by Crippen LogP contribution is -2.63. The lowest BCUT2D eigenvalue weighted by Gasteiger charge is -2.66. The molecule has 19 heavy (non-hydrogen) atoms. The van der Waals surface area contributed by atoms with Crippen molar-refractivity contribution < 1.29 is 9.90 Å². The SMILES string of the molecule is CC(C)C1=CC2C3CC1CCC3C2(CN)CC(=O)O. The molecule has 0 spiro atoms. The summed E-state index contributed by atoms with van der Waals surface area (Å²) < 4.78 is 0. The number of carbonyl (C=O) groups is 1. The number of hydrogen-bond donors (Lipinski definition) is 2. The molecular formula is C16H25NO2. The lowest BCUT2D eigenvalue weighted by atomic mass is 9.38. The van der Waals surface area contributed by atoms with E-state index in [0.717, 1.165) is 5.92 Å². The van der Waals surface area contributed by atoms with Crippen molar-refractivity contribution in [1.29, 1.82) is 0 Å². The predicted molar refractivity (Wildman–Crippen MR) is 74.5 cm³/mol. The molecule has 3 N–H and O–H groups in total. The fourth-order valence-corrected chi connectivity index (χ4v) is 5.36. The summed E-state index contributed by atoms with van der Waals surface area (Å²) in [5, 5.41) is 9.26. The second-order valence-corrected chi connectivity index (χ2v) is 7.14. The molecule has 3 heteroatoms. The van der Waals surface area contributed by atoms with Gasteiger partial charge in [-0.05, 0) is 55.4 Å². The molecule has 2 saturated carbocycles. The van der Waals surface area contributed by atoms with Crippen LogP contribution in [0.15, 0.2) is 11.6 Å². The molecule has 0 heterocycles. The first-order valence-corrected chi connectivity index (χ1v) is 7.63. The van der Waals surface area contributed by atoms with Crippen LogP contribution in [-0.2, 0) is 4.79 Å². The van der Waals surface area contributed by atoms with Gasteiger partial charge < -0.3 is 10.8 Å². The molecule has 2 bridgehead atoms. The zero-order valence-electron chi connectivity index (χ0n) is 11.9. The van der Waals surface area contributed by atoms with Gasteiger partial charge in [0.2, 0.25) is 0 Å². The van der Waals surface area contributed by atoms with E-state index in [9.17, 15) is 9.90 Å². The summed E-state index contributed by atoms with van der Waals surface area (Å²) in [6.07, 6.45) is 6.37. The van der Waals surface area contributed by atoms with Gasteiger partial charge in [-0.25, -0.2) is 0 Å². The summed E-state index contributed by atoms with van der Waals surface area (Å²) in [6.45, 7) is 5.05. The van der Waals surface area contributed by atoms with Gasteiger partial charge in [0, 0.05) is 5.41 Å². The molecular weight excluding hydrogens is 238 g/mol. The fraction of sp³-hybridized carbons (Fsp3) is 0.812. The number of carboxylic acids is 1. The molecule has 2 fully saturated rings. The van der Waals surface area contributed by atoms with E-state index in [1.165, 1.54) is 19.3 Å². The Morgan fingerprint density at radius 1 is 1.53 bits per heavy atom. The molecule has 0 aromatic heterocycles. The average molecular weight is 263 g/mol. The highest BCUT2D eigenvalue weighted by atomic mass is 16.4. The van der Waals surface area contributed by atoms with E-state index in [1.54, 1.807) is 5.57 Å². The zero-order chi connectivity index (χ0) is 13.8. The van der Waals surface area contributed by atoms with E-state index >= 15 is 0 Å². The predicted octanol–water partition coefficient (Wildman–Crippen LogP) is 2.66. The maximum atomic E-state index is 11.3. The van der Waals surface area contributed by atoms with Gasteiger partial charge in [0.1, 0.15) is 0 Å². The largest absolute Gasteiger partial charge is 0.481 e. The minimum Gasteiger partial charge on any atom is -0.481 e. The standard InChI is InChI=1S/C16H25NO2/c1-9(2)11-6-14-12-5-10(11)3-4-13(12)16(14,8-17)7-15(18)19/h6,9-10,12-14H,3-5,7-8,17H2,1-2H3,(H,18,19). The minimum absolute atomic E-state index is 0.151. The van der Waals surface area contributed by atoms with Crippen molar-refractivity contribution in [2.45, 2.75) is 39.5 Å². The van der Waals surface area contributed by atoms with Gasteiger partial charge in [0.05, 0.1) is 6.42 Å². The van der Waals surface area contributed by atoms with Crippen molar-refractivity contribution >= 4 is 5.97 Å². The van der Waals surface area contributed by atoms with Crippen LogP contribution in [0.25, 0.3) is 0 Å². The van der Waals surface area contributed by atoms with Gasteiger partial charge in [0.25, 0.3) is 0 Å². The average Bonchev–Trinajstić information content (AvgIpc) is 2.34. The van der Waals surface area contributed by atoms with Crippen LogP contribution in [0.1, 0.15) is 39.5 Å². The number of rotatable bonds is 4. The normalized spacial score (nSPS) is 43.7. The third-order valence-electron chi connectivity index (χ3n) is 6.13. The number of carboxylic acid groups (broad SMARTS) is 1. The third kappa shape index (κ3) is 1.70. The maximum Gasteiger partial charge on any atom is 0.303 e. The molecule has 3 aliphatic rings. The highest BCUT2D eigenvalue weighted by molar-refractivity contribution is 5.68. The van der Waals surface area contributed by atoms with Crippen molar-refractivity contribution in [3.63, 3.8) is 0 Å². The second-order valence-electron chi connectivity index (χ2n) is 7.14. The quantitative estimate of drug-likeness (QED) is 0.766. The van der Waals surface area contributed by atoms with Crippen LogP contribution in [0.4, 0.5) is 0 Å². The smallest absolute Gasteiger partial charge is 0.303 e. The van der Waals surface area contributed by atoms with E-state index in [0.29, 0.717) is 30.2 Å². The minimum atomic E-state index is -0.684. The number of allylic oxidation sites excluding steroid dienone is 2. The number of fused-ring (bicyclic) bond motifs is 1. The van der Waals surface area contributed by atoms with Crippen molar-refractivity contribution in [2.75, 3.05) is 6.54 Å². The third-order valence-corrected chi connectivity index (χ3v) is 6.13. The van der Waals surface area contributed by atoms with Gasteiger partial charge in [-0.1, -0.05) is 25.5 Å². The molecule has 0 aromatic carbocycles. The maximum absolute atomic E-state index is 11.3. The number of nitrogens with two attached hydrogens (primary N) is 1. The zero-order valence-corrected chi connectivity index (χ0v) is 11.9. The molecule has 3 nitrogen and oxygen atoms in total. The van der Waals surface area contributed by atoms with E-state index in [4.69, 9.17) is 5.73 Å². The van der Waals surface area contributed by atoms with Crippen LogP contribution in [0, 0.1) is 35.0 Å². The molecule has 5 unspecified atom stereocenters. The Hall–Kier alpha value is -0.830. The molecule has 0 aliphatic heterocycles. The molecule has 0 radical (unpaired) electrons. The van der Waals surface area contributed by atoms with E-state index in [1.807, 2.05) is 0 Å². The molecule has 106 valence electrons. The summed E-state index contributed by atoms with van der Waals surface area (Å²) in [7, 11) is 0. The van der Waals surface area contributed by atoms with Gasteiger partial charge >= 0.3 is 5.97 Å². The number of aliphatic carboxylic acids is 1. The molecule has 3 rings (SSSR count). The highest BCUT2D eigenvalue weighted by Gasteiger charge is 2.63. The molecule has 5 atom stereocenters. The Morgan fingerprint density at radius 3 is 2.84 bits per heavy atom. The first-order valence-electron chi connectivity index (χ1n) is 7.63. The summed E-state index contributed by atoms with van der Waals surface area (Å²) in [6, 6.07) is 0. The molecule has 0 aromatic rings. The summed E-state index contributed by atoms with van der Waals surface area (Å²) in [4.78, 5) is 11.3. The molecule has 0 saturated heterocycles. The van der Waals surface area contributed by atoms with Crippen molar-refractivity contribution in [3.8, 4) is 0 Å². The number of hydrogen-bond acceptors (Lipinski definition) is 2. The Bertz CT molecular complexity index is 428. The van der Waals surface area contributed by atoms with Crippen LogP contribution in [-0.4, -0.2) is 17.6 Å². The van der Waals surface area contributed by atoms with Gasteiger partial charge in [-0.3, -0.25) is 4.79 Å². The topological polar surface area (TPSA) is 63.3 Å². The molecule has 3 aliphatic carbocycles. The Labute approximate surface area is 115 Å². The van der Waals surface area contributed by atoms with E-state index in [-0.39, 0.29) is 11.8 Å². The summed E-state index contributed by atoms with van der Waals surface area (Å²) >= 11 is 0. The Balaban J connectivity index is 1.97. The molecule has 0 amide bonds. The van der Waals surface area contributed by atoms with Crippen LogP contribution in [0.2, 0.25) is 0 Å². The Kier molecular flexibility index (Phi) is 3.01. The van der Waals surface area contributed by atoms with Crippen LogP contribution in [0.5, 0.6) is 0 Å². The summed E-state index contributed by atoms with van der Waals surface area (Å²) in [5.74, 6) is 2.36. The second kappa shape index (κ2) is 4.34. The van der Waals surface area contributed by atoms with Crippen LogP contribution >= 0.6 is 0 Å². The van der Waals surface area contributed by atoms with Gasteiger partial charge in [-0.2, -0.15) is 0 Å². The fourth-order valence-electron chi connectivity index (χ4n) is 5.36. The lowest BCUT2D eigenvalue weighted by molar-refractivity contribution is -0.164. The Morgan fingerprint density at radius 2 is 2.26 bits per heavy atom. The van der Waals surface area contributed by atoms with E-state index < -0.39 is 5.97 Å². The van der Waals surface area contributed by atoms with Crippen molar-refractivity contribution in [3.05, 3.63) is 11.6 Å². The van der Waals surface area contributed by atoms with Crippen molar-refractivity contribution in [2.24, 2.45) is 40.7 Å². The monoisotopic (exact) mass is 263 g/mol.